The Kier molecular flexibility index (Phi) is 4.75. The minimum Gasteiger partial charge on any atom is -0.325 e. The minimum atomic E-state index is 0.411. The number of benzene rings is 1. The van der Waals surface area contributed by atoms with Gasteiger partial charge in [0.15, 0.2) is 0 Å². The second-order valence-electron chi connectivity index (χ2n) is 5.10. The molecule has 0 aliphatic carbocycles. The van der Waals surface area contributed by atoms with Crippen LogP contribution in [-0.2, 0) is 6.42 Å². The molecule has 0 aliphatic heterocycles. The van der Waals surface area contributed by atoms with Gasteiger partial charge in [-0.1, -0.05) is 31.9 Å². The van der Waals surface area contributed by atoms with Crippen LogP contribution in [0.3, 0.4) is 0 Å². The maximum absolute atomic E-state index is 6.05. The van der Waals surface area contributed by atoms with Crippen molar-refractivity contribution in [3.05, 3.63) is 29.0 Å². The highest BCUT2D eigenvalue weighted by atomic mass is 35.5. The smallest absolute Gasteiger partial charge is 0.111 e. The molecule has 2 unspecified atom stereocenters. The first kappa shape index (κ1) is 14.7. The monoisotopic (exact) mass is 298 g/mol. The standard InChI is InChI=1S/C15H20Cl2N2/c1-4-10(2)11(3)19-14-6-5-12(17)9-13(14)18-15(19)7-8-16/h5-6,9-11H,4,7-8H2,1-3H3. The molecule has 1 heterocycles. The number of aryl methyl sites for hydroxylation is 1. The maximum atomic E-state index is 6.05. The molecule has 0 N–H and O–H groups in total. The molecule has 0 spiro atoms. The van der Waals surface area contributed by atoms with Crippen molar-refractivity contribution in [3.8, 4) is 0 Å². The van der Waals surface area contributed by atoms with E-state index in [1.807, 2.05) is 12.1 Å². The fraction of sp³-hybridized carbons (Fsp3) is 0.533. The molecular formula is C15H20Cl2N2. The van der Waals surface area contributed by atoms with Gasteiger partial charge in [0.25, 0.3) is 0 Å². The van der Waals surface area contributed by atoms with Gasteiger partial charge in [-0.25, -0.2) is 4.98 Å². The van der Waals surface area contributed by atoms with E-state index in [-0.39, 0.29) is 0 Å². The first-order valence-corrected chi connectivity index (χ1v) is 7.72. The van der Waals surface area contributed by atoms with Crippen LogP contribution in [0.4, 0.5) is 0 Å². The number of halogens is 2. The number of alkyl halides is 1. The molecule has 2 rings (SSSR count). The van der Waals surface area contributed by atoms with Crippen molar-refractivity contribution in [2.45, 2.75) is 39.7 Å². The summed E-state index contributed by atoms with van der Waals surface area (Å²) in [7, 11) is 0. The molecule has 0 aliphatic rings. The molecule has 2 nitrogen and oxygen atoms in total. The molecule has 0 saturated carbocycles. The molecule has 2 aromatic rings. The minimum absolute atomic E-state index is 0.411. The van der Waals surface area contributed by atoms with Gasteiger partial charge in [0.2, 0.25) is 0 Å². The Balaban J connectivity index is 2.57. The lowest BCUT2D eigenvalue weighted by Gasteiger charge is -2.23. The van der Waals surface area contributed by atoms with Gasteiger partial charge in [0, 0.05) is 23.4 Å². The summed E-state index contributed by atoms with van der Waals surface area (Å²) in [5.41, 5.74) is 2.11. The molecule has 19 heavy (non-hydrogen) atoms. The van der Waals surface area contributed by atoms with E-state index in [2.05, 4.69) is 31.4 Å². The van der Waals surface area contributed by atoms with Crippen molar-refractivity contribution in [2.75, 3.05) is 5.88 Å². The lowest BCUT2D eigenvalue weighted by atomic mass is 10.0. The Hall–Kier alpha value is -0.730. The molecule has 104 valence electrons. The highest BCUT2D eigenvalue weighted by molar-refractivity contribution is 6.31. The summed E-state index contributed by atoms with van der Waals surface area (Å²) in [4.78, 5) is 4.70. The molecule has 0 fully saturated rings. The third-order valence-corrected chi connectivity index (χ3v) is 4.34. The van der Waals surface area contributed by atoms with E-state index in [1.165, 1.54) is 0 Å². The average Bonchev–Trinajstić information content (AvgIpc) is 2.74. The number of hydrogen-bond donors (Lipinski definition) is 0. The number of aromatic nitrogens is 2. The SMILES string of the molecule is CCC(C)C(C)n1c(CCCl)nc2cc(Cl)ccc21. The average molecular weight is 299 g/mol. The Labute approximate surface area is 124 Å². The second-order valence-corrected chi connectivity index (χ2v) is 5.91. The van der Waals surface area contributed by atoms with Crippen LogP contribution in [0.15, 0.2) is 18.2 Å². The van der Waals surface area contributed by atoms with Crippen molar-refractivity contribution >= 4 is 34.2 Å². The van der Waals surface area contributed by atoms with Crippen LogP contribution in [0.5, 0.6) is 0 Å². The van der Waals surface area contributed by atoms with Gasteiger partial charge in [0.1, 0.15) is 5.82 Å². The maximum Gasteiger partial charge on any atom is 0.111 e. The summed E-state index contributed by atoms with van der Waals surface area (Å²) < 4.78 is 2.32. The topological polar surface area (TPSA) is 17.8 Å². The van der Waals surface area contributed by atoms with Crippen LogP contribution in [0.25, 0.3) is 11.0 Å². The summed E-state index contributed by atoms with van der Waals surface area (Å²) in [6, 6.07) is 6.32. The lowest BCUT2D eigenvalue weighted by molar-refractivity contribution is 0.369. The van der Waals surface area contributed by atoms with Crippen LogP contribution < -0.4 is 0 Å². The van der Waals surface area contributed by atoms with Gasteiger partial charge in [-0.05, 0) is 31.0 Å². The molecule has 0 bridgehead atoms. The Morgan fingerprint density at radius 3 is 2.68 bits per heavy atom. The summed E-state index contributed by atoms with van der Waals surface area (Å²) >= 11 is 12.0. The van der Waals surface area contributed by atoms with Crippen LogP contribution in [0.2, 0.25) is 5.02 Å². The van der Waals surface area contributed by atoms with E-state index in [4.69, 9.17) is 28.2 Å². The fourth-order valence-electron chi connectivity index (χ4n) is 2.43. The lowest BCUT2D eigenvalue weighted by Crippen LogP contribution is -2.16. The van der Waals surface area contributed by atoms with Gasteiger partial charge in [0.05, 0.1) is 11.0 Å². The van der Waals surface area contributed by atoms with E-state index in [1.54, 1.807) is 0 Å². The first-order chi connectivity index (χ1) is 9.08. The molecule has 2 atom stereocenters. The van der Waals surface area contributed by atoms with E-state index >= 15 is 0 Å². The van der Waals surface area contributed by atoms with E-state index in [9.17, 15) is 0 Å². The van der Waals surface area contributed by atoms with Gasteiger partial charge >= 0.3 is 0 Å². The molecular weight excluding hydrogens is 279 g/mol. The quantitative estimate of drug-likeness (QED) is 0.704. The first-order valence-electron chi connectivity index (χ1n) is 6.80. The number of fused-ring (bicyclic) bond motifs is 1. The number of hydrogen-bond acceptors (Lipinski definition) is 1. The molecule has 0 amide bonds. The van der Waals surface area contributed by atoms with Gasteiger partial charge < -0.3 is 4.57 Å². The summed E-state index contributed by atoms with van der Waals surface area (Å²) in [5.74, 6) is 2.24. The van der Waals surface area contributed by atoms with Crippen LogP contribution >= 0.6 is 23.2 Å². The number of nitrogens with zero attached hydrogens (tertiary/aromatic N) is 2. The number of rotatable bonds is 5. The van der Waals surface area contributed by atoms with Crippen molar-refractivity contribution in [1.29, 1.82) is 0 Å². The van der Waals surface area contributed by atoms with Crippen LogP contribution in [-0.4, -0.2) is 15.4 Å². The predicted octanol–water partition coefficient (Wildman–Crippen LogP) is 5.08. The van der Waals surface area contributed by atoms with Gasteiger partial charge in [-0.3, -0.25) is 0 Å². The van der Waals surface area contributed by atoms with Crippen molar-refractivity contribution in [2.24, 2.45) is 5.92 Å². The molecule has 4 heteroatoms. The van der Waals surface area contributed by atoms with Crippen molar-refractivity contribution in [3.63, 3.8) is 0 Å². The third kappa shape index (κ3) is 2.90. The van der Waals surface area contributed by atoms with Crippen molar-refractivity contribution in [1.82, 2.24) is 9.55 Å². The summed E-state index contributed by atoms with van der Waals surface area (Å²) in [5, 5.41) is 0.728. The fourth-order valence-corrected chi connectivity index (χ4v) is 2.77. The zero-order valence-electron chi connectivity index (χ0n) is 11.7. The van der Waals surface area contributed by atoms with E-state index in [0.717, 1.165) is 34.7 Å². The van der Waals surface area contributed by atoms with Gasteiger partial charge in [-0.15, -0.1) is 11.6 Å². The zero-order valence-corrected chi connectivity index (χ0v) is 13.2. The summed E-state index contributed by atoms with van der Waals surface area (Å²) in [6.45, 7) is 6.75. The Morgan fingerprint density at radius 2 is 2.05 bits per heavy atom. The molecule has 0 radical (unpaired) electrons. The highest BCUT2D eigenvalue weighted by Gasteiger charge is 2.19. The molecule has 1 aromatic carbocycles. The van der Waals surface area contributed by atoms with Crippen molar-refractivity contribution < 1.29 is 0 Å². The normalized spacial score (nSPS) is 14.8. The predicted molar refractivity (Wildman–Crippen MR) is 83.3 cm³/mol. The van der Waals surface area contributed by atoms with Crippen LogP contribution in [0.1, 0.15) is 39.1 Å². The van der Waals surface area contributed by atoms with Crippen LogP contribution in [0, 0.1) is 5.92 Å². The highest BCUT2D eigenvalue weighted by Crippen LogP contribution is 2.29. The Morgan fingerprint density at radius 1 is 1.32 bits per heavy atom. The van der Waals surface area contributed by atoms with E-state index < -0.39 is 0 Å². The van der Waals surface area contributed by atoms with Gasteiger partial charge in [-0.2, -0.15) is 0 Å². The zero-order chi connectivity index (χ0) is 14.0. The molecule has 0 saturated heterocycles. The number of imidazole rings is 1. The second kappa shape index (κ2) is 6.15. The Bertz CT molecular complexity index is 563. The largest absolute Gasteiger partial charge is 0.325 e. The molecule has 1 aromatic heterocycles. The third-order valence-electron chi connectivity index (χ3n) is 3.92. The summed E-state index contributed by atoms with van der Waals surface area (Å²) in [6.07, 6.45) is 1.93. The van der Waals surface area contributed by atoms with E-state index in [0.29, 0.717) is 17.8 Å².